The number of halogens is 2. The lowest BCUT2D eigenvalue weighted by Crippen LogP contribution is -2.62. The zero-order chi connectivity index (χ0) is 30.3. The molecule has 1 heterocycles. The summed E-state index contributed by atoms with van der Waals surface area (Å²) in [5, 5.41) is 24.8. The van der Waals surface area contributed by atoms with Gasteiger partial charge < -0.3 is 30.2 Å². The molecule has 41 heavy (non-hydrogen) atoms. The highest BCUT2D eigenvalue weighted by molar-refractivity contribution is 6.50. The summed E-state index contributed by atoms with van der Waals surface area (Å²) in [5.41, 5.74) is -1.61. The lowest BCUT2D eigenvalue weighted by molar-refractivity contribution is -0.175. The molecule has 1 saturated heterocycles. The van der Waals surface area contributed by atoms with E-state index in [0.717, 1.165) is 5.56 Å². The number of hydrogen-bond donors (Lipinski definition) is 4. The molecular formula is C27H29BCl2N2O9. The van der Waals surface area contributed by atoms with Crippen molar-refractivity contribution in [1.29, 1.82) is 0 Å². The summed E-state index contributed by atoms with van der Waals surface area (Å²) in [5.74, 6) is -6.66. The fourth-order valence-electron chi connectivity index (χ4n) is 4.40. The number of aliphatic carboxylic acids is 2. The Bertz CT molecular complexity index is 1310. The van der Waals surface area contributed by atoms with Crippen LogP contribution in [-0.4, -0.2) is 64.6 Å². The predicted octanol–water partition coefficient (Wildman–Crippen LogP) is 3.15. The van der Waals surface area contributed by atoms with Crippen molar-refractivity contribution in [2.45, 2.75) is 57.1 Å². The topological polar surface area (TPSA) is 168 Å². The van der Waals surface area contributed by atoms with Gasteiger partial charge in [0.25, 0.3) is 11.9 Å². The van der Waals surface area contributed by atoms with Crippen molar-refractivity contribution in [2.75, 3.05) is 0 Å². The van der Waals surface area contributed by atoms with Gasteiger partial charge in [-0.25, -0.2) is 4.79 Å². The molecule has 3 atom stereocenters. The molecule has 218 valence electrons. The van der Waals surface area contributed by atoms with Crippen molar-refractivity contribution < 1.29 is 43.5 Å². The second-order valence-corrected chi connectivity index (χ2v) is 11.0. The number of carboxylic acids is 2. The highest BCUT2D eigenvalue weighted by Gasteiger charge is 2.55. The Morgan fingerprint density at radius 2 is 1.73 bits per heavy atom. The van der Waals surface area contributed by atoms with Crippen LogP contribution in [0.25, 0.3) is 0 Å². The Labute approximate surface area is 246 Å². The van der Waals surface area contributed by atoms with Gasteiger partial charge in [-0.3, -0.25) is 19.2 Å². The quantitative estimate of drug-likeness (QED) is 0.265. The molecule has 2 amide bonds. The first-order chi connectivity index (χ1) is 19.3. The van der Waals surface area contributed by atoms with Gasteiger partial charge in [0.1, 0.15) is 6.04 Å². The van der Waals surface area contributed by atoms with Crippen LogP contribution in [0.3, 0.4) is 0 Å². The van der Waals surface area contributed by atoms with E-state index in [0.29, 0.717) is 0 Å². The molecule has 0 bridgehead atoms. The van der Waals surface area contributed by atoms with E-state index >= 15 is 0 Å². The van der Waals surface area contributed by atoms with Crippen LogP contribution in [0.2, 0.25) is 10.0 Å². The second-order valence-electron chi connectivity index (χ2n) is 10.1. The van der Waals surface area contributed by atoms with Gasteiger partial charge in [0.05, 0.1) is 29.4 Å². The van der Waals surface area contributed by atoms with Crippen LogP contribution in [0.4, 0.5) is 0 Å². The van der Waals surface area contributed by atoms with Gasteiger partial charge in [0.2, 0.25) is 5.91 Å². The maximum absolute atomic E-state index is 13.7. The molecule has 2 aromatic carbocycles. The SMILES string of the molecule is CC(C)C[C@H](NC(=O)[C@H](Cc1ccccc1)NC(=O)c1cc(Cl)ccc1Cl)B1OC(=O)CC(CC(=O)O)(C(=O)O)O1. The molecule has 11 nitrogen and oxygen atoms in total. The standard InChI is InChI=1S/C27H29BCl2N2O9/c1-15(2)10-21(28-40-23(35)14-27(41-28,26(38)39)13-22(33)34)32-25(37)20(11-16-6-4-3-5-7-16)31-24(36)18-12-17(29)8-9-19(18)30/h3-9,12,15,20-21H,10-11,13-14H2,1-2H3,(H,31,36)(H,32,37)(H,33,34)(H,38,39)/t20-,21-,27?/m0/s1. The van der Waals surface area contributed by atoms with Gasteiger partial charge in [-0.05, 0) is 36.1 Å². The molecule has 0 radical (unpaired) electrons. The van der Waals surface area contributed by atoms with Gasteiger partial charge >= 0.3 is 19.1 Å². The number of carbonyl (C=O) groups is 5. The van der Waals surface area contributed by atoms with Crippen LogP contribution in [0.1, 0.15) is 49.0 Å². The van der Waals surface area contributed by atoms with Crippen LogP contribution < -0.4 is 10.6 Å². The molecule has 3 rings (SSSR count). The van der Waals surface area contributed by atoms with Crippen LogP contribution >= 0.6 is 23.2 Å². The number of carboxylic acid groups (broad SMARTS) is 2. The Morgan fingerprint density at radius 1 is 1.05 bits per heavy atom. The van der Waals surface area contributed by atoms with Gasteiger partial charge in [0, 0.05) is 11.4 Å². The van der Waals surface area contributed by atoms with E-state index in [1.165, 1.54) is 18.2 Å². The van der Waals surface area contributed by atoms with E-state index in [4.69, 9.17) is 32.5 Å². The molecule has 0 spiro atoms. The minimum atomic E-state index is -2.38. The third-order valence-electron chi connectivity index (χ3n) is 6.30. The Hall–Kier alpha value is -3.61. The first-order valence-electron chi connectivity index (χ1n) is 12.7. The molecule has 2 aromatic rings. The first-order valence-corrected chi connectivity index (χ1v) is 13.5. The average molecular weight is 607 g/mol. The first kappa shape index (κ1) is 31.9. The number of hydrogen-bond acceptors (Lipinski definition) is 7. The van der Waals surface area contributed by atoms with E-state index in [-0.39, 0.29) is 34.4 Å². The molecule has 0 aromatic heterocycles. The summed E-state index contributed by atoms with van der Waals surface area (Å²) in [7, 11) is -1.60. The largest absolute Gasteiger partial charge is 0.552 e. The third kappa shape index (κ3) is 8.69. The average Bonchev–Trinajstić information content (AvgIpc) is 2.88. The number of nitrogens with one attached hydrogen (secondary N) is 2. The van der Waals surface area contributed by atoms with Gasteiger partial charge in [-0.1, -0.05) is 67.4 Å². The fraction of sp³-hybridized carbons (Fsp3) is 0.370. The third-order valence-corrected chi connectivity index (χ3v) is 6.87. The van der Waals surface area contributed by atoms with E-state index in [2.05, 4.69) is 10.6 Å². The molecular weight excluding hydrogens is 578 g/mol. The zero-order valence-electron chi connectivity index (χ0n) is 22.3. The maximum Gasteiger partial charge on any atom is 0.552 e. The lowest BCUT2D eigenvalue weighted by Gasteiger charge is -2.38. The van der Waals surface area contributed by atoms with Gasteiger partial charge in [-0.2, -0.15) is 0 Å². The summed E-state index contributed by atoms with van der Waals surface area (Å²) >= 11 is 12.2. The van der Waals surface area contributed by atoms with E-state index < -0.39 is 67.3 Å². The molecule has 4 N–H and O–H groups in total. The van der Waals surface area contributed by atoms with Crippen molar-refractivity contribution >= 4 is 60.0 Å². The van der Waals surface area contributed by atoms with Crippen LogP contribution in [0, 0.1) is 5.92 Å². The summed E-state index contributed by atoms with van der Waals surface area (Å²) in [6, 6.07) is 12.0. The van der Waals surface area contributed by atoms with Crippen LogP contribution in [-0.2, 0) is 34.9 Å². The smallest absolute Gasteiger partial charge is 0.508 e. The summed E-state index contributed by atoms with van der Waals surface area (Å²) in [6.07, 6.45) is -1.59. The molecule has 1 fully saturated rings. The van der Waals surface area contributed by atoms with Gasteiger partial charge in [-0.15, -0.1) is 0 Å². The Kier molecular flexibility index (Phi) is 10.8. The van der Waals surface area contributed by atoms with Crippen LogP contribution in [0.15, 0.2) is 48.5 Å². The summed E-state index contributed by atoms with van der Waals surface area (Å²) < 4.78 is 10.9. The predicted molar refractivity (Wildman–Crippen MR) is 149 cm³/mol. The fourth-order valence-corrected chi connectivity index (χ4v) is 4.78. The van der Waals surface area contributed by atoms with Crippen molar-refractivity contribution in [3.63, 3.8) is 0 Å². The van der Waals surface area contributed by atoms with Crippen molar-refractivity contribution in [3.05, 3.63) is 69.7 Å². The Morgan fingerprint density at radius 3 is 2.34 bits per heavy atom. The second kappa shape index (κ2) is 13.8. The normalized spacial score (nSPS) is 18.3. The highest BCUT2D eigenvalue weighted by atomic mass is 35.5. The molecule has 1 unspecified atom stereocenters. The van der Waals surface area contributed by atoms with E-state index in [1.54, 1.807) is 30.3 Å². The van der Waals surface area contributed by atoms with E-state index in [1.807, 2.05) is 13.8 Å². The Balaban J connectivity index is 1.91. The zero-order valence-corrected chi connectivity index (χ0v) is 23.8. The monoisotopic (exact) mass is 606 g/mol. The minimum absolute atomic E-state index is 0.0493. The summed E-state index contributed by atoms with van der Waals surface area (Å²) in [4.78, 5) is 62.7. The van der Waals surface area contributed by atoms with Gasteiger partial charge in [0.15, 0.2) is 5.60 Å². The van der Waals surface area contributed by atoms with E-state index in [9.17, 15) is 34.2 Å². The summed E-state index contributed by atoms with van der Waals surface area (Å²) in [6.45, 7) is 3.63. The van der Waals surface area contributed by atoms with Crippen molar-refractivity contribution in [3.8, 4) is 0 Å². The minimum Gasteiger partial charge on any atom is -0.508 e. The maximum atomic E-state index is 13.7. The number of benzene rings is 2. The highest BCUT2D eigenvalue weighted by Crippen LogP contribution is 2.30. The lowest BCUT2D eigenvalue weighted by atomic mass is 9.70. The number of carbonyl (C=O) groups excluding carboxylic acids is 3. The van der Waals surface area contributed by atoms with Crippen molar-refractivity contribution in [1.82, 2.24) is 10.6 Å². The molecule has 1 aliphatic heterocycles. The molecule has 14 heteroatoms. The van der Waals surface area contributed by atoms with Crippen LogP contribution in [0.5, 0.6) is 0 Å². The number of amides is 2. The number of rotatable bonds is 12. The molecule has 1 aliphatic rings. The van der Waals surface area contributed by atoms with Crippen molar-refractivity contribution in [2.24, 2.45) is 5.92 Å². The molecule has 0 saturated carbocycles. The molecule has 0 aliphatic carbocycles.